The summed E-state index contributed by atoms with van der Waals surface area (Å²) in [6, 6.07) is 0.0927. The van der Waals surface area contributed by atoms with Crippen LogP contribution in [0.15, 0.2) is 0 Å². The second kappa shape index (κ2) is 5.35. The van der Waals surface area contributed by atoms with Gasteiger partial charge < -0.3 is 10.5 Å². The summed E-state index contributed by atoms with van der Waals surface area (Å²) in [5.74, 6) is 2.89. The van der Waals surface area contributed by atoms with E-state index in [1.165, 1.54) is 23.4 Å². The number of rotatable bonds is 2. The fourth-order valence-electron chi connectivity index (χ4n) is 3.74. The molecule has 0 aliphatic carbocycles. The van der Waals surface area contributed by atoms with E-state index < -0.39 is 0 Å². The van der Waals surface area contributed by atoms with Gasteiger partial charge in [0.25, 0.3) is 0 Å². The Morgan fingerprint density at radius 2 is 2.30 bits per heavy atom. The minimum atomic E-state index is 0.0927. The molecule has 20 heavy (non-hydrogen) atoms. The highest BCUT2D eigenvalue weighted by atomic mass is 32.2. The van der Waals surface area contributed by atoms with Gasteiger partial charge in [0.2, 0.25) is 0 Å². The molecule has 3 rings (SSSR count). The molecular formula is C15H25N3OS. The number of thioether (sulfide) groups is 1. The van der Waals surface area contributed by atoms with Crippen molar-refractivity contribution in [3.63, 3.8) is 0 Å². The molecule has 4 nitrogen and oxygen atoms in total. The van der Waals surface area contributed by atoms with E-state index in [0.717, 1.165) is 30.9 Å². The van der Waals surface area contributed by atoms with Crippen LogP contribution in [-0.4, -0.2) is 33.5 Å². The van der Waals surface area contributed by atoms with Crippen LogP contribution in [-0.2, 0) is 11.8 Å². The van der Waals surface area contributed by atoms with Gasteiger partial charge in [-0.1, -0.05) is 0 Å². The number of nitrogens with zero attached hydrogens (tertiary/aromatic N) is 2. The van der Waals surface area contributed by atoms with Crippen molar-refractivity contribution in [1.82, 2.24) is 9.78 Å². The summed E-state index contributed by atoms with van der Waals surface area (Å²) in [5, 5.41) is 4.52. The molecule has 0 bridgehead atoms. The number of nitrogens with two attached hydrogens (primary N) is 1. The van der Waals surface area contributed by atoms with Crippen LogP contribution < -0.4 is 5.73 Å². The minimum absolute atomic E-state index is 0.0927. The van der Waals surface area contributed by atoms with Crippen molar-refractivity contribution in [3.05, 3.63) is 17.0 Å². The summed E-state index contributed by atoms with van der Waals surface area (Å²) in [7, 11) is 2.00. The summed E-state index contributed by atoms with van der Waals surface area (Å²) in [6.45, 7) is 5.05. The topological polar surface area (TPSA) is 53.1 Å². The zero-order valence-corrected chi connectivity index (χ0v) is 13.5. The SMILES string of the molecule is Cc1nn(C)c(C)c1C(N)C1CCOC2(CCSC2)C1. The molecule has 2 saturated heterocycles. The molecule has 2 aliphatic rings. The lowest BCUT2D eigenvalue weighted by atomic mass is 9.79. The lowest BCUT2D eigenvalue weighted by Gasteiger charge is -2.40. The smallest absolute Gasteiger partial charge is 0.0783 e. The first-order valence-electron chi connectivity index (χ1n) is 7.50. The lowest BCUT2D eigenvalue weighted by Crippen LogP contribution is -2.43. The predicted molar refractivity (Wildman–Crippen MR) is 83.0 cm³/mol. The van der Waals surface area contributed by atoms with Crippen LogP contribution >= 0.6 is 11.8 Å². The number of aromatic nitrogens is 2. The second-order valence-corrected chi connectivity index (χ2v) is 7.43. The van der Waals surface area contributed by atoms with Gasteiger partial charge >= 0.3 is 0 Å². The summed E-state index contributed by atoms with van der Waals surface area (Å²) in [4.78, 5) is 0. The minimum Gasteiger partial charge on any atom is -0.374 e. The van der Waals surface area contributed by atoms with Gasteiger partial charge in [-0.05, 0) is 44.8 Å². The second-order valence-electron chi connectivity index (χ2n) is 6.32. The predicted octanol–water partition coefficient (Wildman–Crippen LogP) is 2.34. The van der Waals surface area contributed by atoms with Crippen molar-refractivity contribution in [2.24, 2.45) is 18.7 Å². The largest absolute Gasteiger partial charge is 0.374 e. The van der Waals surface area contributed by atoms with Crippen LogP contribution in [0.4, 0.5) is 0 Å². The number of ether oxygens (including phenoxy) is 1. The third kappa shape index (κ3) is 2.40. The van der Waals surface area contributed by atoms with E-state index in [4.69, 9.17) is 10.5 Å². The Kier molecular flexibility index (Phi) is 3.86. The molecule has 1 aromatic heterocycles. The van der Waals surface area contributed by atoms with Crippen LogP contribution in [0.25, 0.3) is 0 Å². The van der Waals surface area contributed by atoms with Gasteiger partial charge in [0.05, 0.1) is 11.3 Å². The molecule has 2 aliphatic heterocycles. The molecule has 0 amide bonds. The lowest BCUT2D eigenvalue weighted by molar-refractivity contribution is -0.0834. The molecule has 0 aromatic carbocycles. The number of hydrogen-bond donors (Lipinski definition) is 1. The van der Waals surface area contributed by atoms with Gasteiger partial charge in [-0.15, -0.1) is 0 Å². The number of aryl methyl sites for hydroxylation is 2. The zero-order valence-electron chi connectivity index (χ0n) is 12.7. The van der Waals surface area contributed by atoms with E-state index in [1.807, 2.05) is 23.5 Å². The van der Waals surface area contributed by atoms with Gasteiger partial charge in [-0.2, -0.15) is 16.9 Å². The van der Waals surface area contributed by atoms with Gasteiger partial charge in [-0.3, -0.25) is 4.68 Å². The number of hydrogen-bond acceptors (Lipinski definition) is 4. The summed E-state index contributed by atoms with van der Waals surface area (Å²) >= 11 is 2.02. The van der Waals surface area contributed by atoms with E-state index in [2.05, 4.69) is 18.9 Å². The average Bonchev–Trinajstić information content (AvgIpc) is 2.95. The molecular weight excluding hydrogens is 270 g/mol. The highest BCUT2D eigenvalue weighted by molar-refractivity contribution is 7.99. The Morgan fingerprint density at radius 1 is 1.50 bits per heavy atom. The maximum absolute atomic E-state index is 6.62. The van der Waals surface area contributed by atoms with Crippen LogP contribution in [0, 0.1) is 19.8 Å². The monoisotopic (exact) mass is 295 g/mol. The van der Waals surface area contributed by atoms with Gasteiger partial charge in [0, 0.05) is 36.7 Å². The fourth-order valence-corrected chi connectivity index (χ4v) is 5.12. The normalized spacial score (nSPS) is 31.9. The van der Waals surface area contributed by atoms with E-state index in [9.17, 15) is 0 Å². The van der Waals surface area contributed by atoms with Crippen molar-refractivity contribution in [3.8, 4) is 0 Å². The van der Waals surface area contributed by atoms with Crippen LogP contribution in [0.3, 0.4) is 0 Å². The highest BCUT2D eigenvalue weighted by Gasteiger charge is 2.42. The zero-order chi connectivity index (χ0) is 14.3. The van der Waals surface area contributed by atoms with E-state index >= 15 is 0 Å². The van der Waals surface area contributed by atoms with Crippen molar-refractivity contribution in [2.45, 2.75) is 44.8 Å². The van der Waals surface area contributed by atoms with E-state index in [-0.39, 0.29) is 11.6 Å². The first-order valence-corrected chi connectivity index (χ1v) is 8.65. The molecule has 1 aromatic rings. The molecule has 2 fully saturated rings. The summed E-state index contributed by atoms with van der Waals surface area (Å²) in [5.41, 5.74) is 10.3. The fraction of sp³-hybridized carbons (Fsp3) is 0.800. The van der Waals surface area contributed by atoms with Crippen molar-refractivity contribution >= 4 is 11.8 Å². The first kappa shape index (κ1) is 14.4. The molecule has 2 N–H and O–H groups in total. The Hall–Kier alpha value is -0.520. The Labute approximate surface area is 125 Å². The van der Waals surface area contributed by atoms with E-state index in [0.29, 0.717) is 5.92 Å². The maximum Gasteiger partial charge on any atom is 0.0783 e. The molecule has 0 saturated carbocycles. The Balaban J connectivity index is 1.81. The van der Waals surface area contributed by atoms with Gasteiger partial charge in [-0.25, -0.2) is 0 Å². The first-order chi connectivity index (χ1) is 9.52. The third-order valence-electron chi connectivity index (χ3n) is 5.00. The molecule has 1 spiro atoms. The van der Waals surface area contributed by atoms with Crippen LogP contribution in [0.1, 0.15) is 42.3 Å². The molecule has 3 heterocycles. The van der Waals surface area contributed by atoms with Crippen LogP contribution in [0.5, 0.6) is 0 Å². The molecule has 3 unspecified atom stereocenters. The third-order valence-corrected chi connectivity index (χ3v) is 6.23. The maximum atomic E-state index is 6.62. The average molecular weight is 295 g/mol. The standard InChI is InChI=1S/C15H25N3OS/c1-10-13(11(2)18(3)17-10)14(16)12-4-6-19-15(8-12)5-7-20-9-15/h12,14H,4-9,16H2,1-3H3. The Bertz CT molecular complexity index is 494. The summed E-state index contributed by atoms with van der Waals surface area (Å²) in [6.07, 6.45) is 3.36. The van der Waals surface area contributed by atoms with E-state index in [1.54, 1.807) is 0 Å². The molecule has 3 atom stereocenters. The quantitative estimate of drug-likeness (QED) is 0.910. The Morgan fingerprint density at radius 3 is 2.90 bits per heavy atom. The van der Waals surface area contributed by atoms with Crippen molar-refractivity contribution in [1.29, 1.82) is 0 Å². The molecule has 112 valence electrons. The molecule has 0 radical (unpaired) electrons. The van der Waals surface area contributed by atoms with Crippen molar-refractivity contribution in [2.75, 3.05) is 18.1 Å². The molecule has 5 heteroatoms. The van der Waals surface area contributed by atoms with Gasteiger partial charge in [0.15, 0.2) is 0 Å². The summed E-state index contributed by atoms with van der Waals surface area (Å²) < 4.78 is 8.06. The van der Waals surface area contributed by atoms with Gasteiger partial charge in [0.1, 0.15) is 0 Å². The van der Waals surface area contributed by atoms with Crippen LogP contribution in [0.2, 0.25) is 0 Å². The highest BCUT2D eigenvalue weighted by Crippen LogP contribution is 2.44. The van der Waals surface area contributed by atoms with Crippen molar-refractivity contribution < 1.29 is 4.74 Å².